The zero-order valence-electron chi connectivity index (χ0n) is 13.4. The Bertz CT molecular complexity index is 646. The molecule has 124 valence electrons. The van der Waals surface area contributed by atoms with E-state index >= 15 is 0 Å². The van der Waals surface area contributed by atoms with Crippen molar-refractivity contribution in [3.63, 3.8) is 0 Å². The Balaban J connectivity index is 0.00000192. The Labute approximate surface area is 154 Å². The molecule has 2 aromatic rings. The van der Waals surface area contributed by atoms with Crippen molar-refractivity contribution >= 4 is 29.9 Å². The second-order valence-corrected chi connectivity index (χ2v) is 5.81. The molecule has 0 radical (unpaired) electrons. The number of hydrogen-bond acceptors (Lipinski definition) is 2. The van der Waals surface area contributed by atoms with Gasteiger partial charge in [0, 0.05) is 18.8 Å². The highest BCUT2D eigenvalue weighted by Gasteiger charge is 2.21. The number of rotatable bonds is 6. The van der Waals surface area contributed by atoms with Gasteiger partial charge >= 0.3 is 0 Å². The van der Waals surface area contributed by atoms with Crippen molar-refractivity contribution in [1.29, 1.82) is 0 Å². The molecule has 1 saturated carbocycles. The highest BCUT2D eigenvalue weighted by molar-refractivity contribution is 14.0. The summed E-state index contributed by atoms with van der Waals surface area (Å²) in [6.07, 6.45) is 6.50. The summed E-state index contributed by atoms with van der Waals surface area (Å²) in [5, 5.41) is 7.79. The summed E-state index contributed by atoms with van der Waals surface area (Å²) < 4.78 is 1.94. The third kappa shape index (κ3) is 5.23. The molecule has 0 bridgehead atoms. The van der Waals surface area contributed by atoms with Crippen LogP contribution in [-0.4, -0.2) is 28.3 Å². The van der Waals surface area contributed by atoms with Crippen LogP contribution in [0.3, 0.4) is 0 Å². The lowest BCUT2D eigenvalue weighted by molar-refractivity contribution is 0.810. The van der Waals surface area contributed by atoms with Crippen LogP contribution < -0.4 is 11.1 Å². The van der Waals surface area contributed by atoms with Gasteiger partial charge in [-0.25, -0.2) is 4.68 Å². The maximum Gasteiger partial charge on any atom is 0.188 e. The van der Waals surface area contributed by atoms with Crippen LogP contribution in [-0.2, 0) is 6.42 Å². The molecule has 0 atom stereocenters. The molecule has 23 heavy (non-hydrogen) atoms. The number of benzene rings is 1. The number of halogens is 1. The molecule has 1 aromatic heterocycles. The number of nitrogens with two attached hydrogens (primary N) is 1. The van der Waals surface area contributed by atoms with Crippen molar-refractivity contribution in [1.82, 2.24) is 15.1 Å². The van der Waals surface area contributed by atoms with Gasteiger partial charge < -0.3 is 11.1 Å². The Morgan fingerprint density at radius 3 is 2.78 bits per heavy atom. The van der Waals surface area contributed by atoms with E-state index in [0.717, 1.165) is 30.8 Å². The van der Waals surface area contributed by atoms with Gasteiger partial charge in [-0.05, 0) is 50.3 Å². The fourth-order valence-corrected chi connectivity index (χ4v) is 2.41. The van der Waals surface area contributed by atoms with Gasteiger partial charge in [-0.1, -0.05) is 18.2 Å². The molecule has 0 saturated heterocycles. The van der Waals surface area contributed by atoms with E-state index in [1.807, 2.05) is 22.9 Å². The largest absolute Gasteiger partial charge is 0.370 e. The Morgan fingerprint density at radius 2 is 2.09 bits per heavy atom. The first-order valence-electron chi connectivity index (χ1n) is 7.89. The minimum Gasteiger partial charge on any atom is -0.370 e. The third-order valence-electron chi connectivity index (χ3n) is 3.84. The van der Waals surface area contributed by atoms with Gasteiger partial charge in [0.15, 0.2) is 5.96 Å². The fraction of sp³-hybridized carbons (Fsp3) is 0.412. The summed E-state index contributed by atoms with van der Waals surface area (Å²) in [6, 6.07) is 10.7. The number of para-hydroxylation sites is 1. The fourth-order valence-electron chi connectivity index (χ4n) is 2.41. The highest BCUT2D eigenvalue weighted by atomic mass is 127. The van der Waals surface area contributed by atoms with Crippen LogP contribution in [0.4, 0.5) is 0 Å². The quantitative estimate of drug-likeness (QED) is 0.324. The minimum atomic E-state index is 0. The Kier molecular flexibility index (Phi) is 6.44. The SMILES string of the molecule is Cc1nn(-c2ccccc2)cc1CCCN=C(N)NC1CC1.I. The van der Waals surface area contributed by atoms with E-state index in [4.69, 9.17) is 5.73 Å². The molecule has 0 amide bonds. The lowest BCUT2D eigenvalue weighted by atomic mass is 10.1. The number of aryl methyl sites for hydroxylation is 2. The normalized spacial score (nSPS) is 14.4. The molecule has 5 nitrogen and oxygen atoms in total. The summed E-state index contributed by atoms with van der Waals surface area (Å²) in [4.78, 5) is 4.37. The molecule has 1 fully saturated rings. The molecule has 0 unspecified atom stereocenters. The minimum absolute atomic E-state index is 0. The first-order chi connectivity index (χ1) is 10.7. The van der Waals surface area contributed by atoms with Crippen LogP contribution in [0.15, 0.2) is 41.5 Å². The molecule has 0 aliphatic heterocycles. The zero-order chi connectivity index (χ0) is 15.4. The van der Waals surface area contributed by atoms with Crippen LogP contribution in [0.25, 0.3) is 5.69 Å². The lowest BCUT2D eigenvalue weighted by Gasteiger charge is -2.02. The van der Waals surface area contributed by atoms with Gasteiger partial charge in [0.25, 0.3) is 0 Å². The maximum atomic E-state index is 5.83. The summed E-state index contributed by atoms with van der Waals surface area (Å²) in [7, 11) is 0. The van der Waals surface area contributed by atoms with E-state index in [9.17, 15) is 0 Å². The zero-order valence-corrected chi connectivity index (χ0v) is 15.7. The second-order valence-electron chi connectivity index (χ2n) is 5.81. The predicted molar refractivity (Wildman–Crippen MR) is 105 cm³/mol. The van der Waals surface area contributed by atoms with E-state index in [0.29, 0.717) is 12.0 Å². The van der Waals surface area contributed by atoms with Gasteiger partial charge in [-0.15, -0.1) is 24.0 Å². The average Bonchev–Trinajstić information content (AvgIpc) is 3.26. The molecule has 0 spiro atoms. The van der Waals surface area contributed by atoms with Crippen molar-refractivity contribution in [3.8, 4) is 5.69 Å². The Morgan fingerprint density at radius 1 is 1.35 bits per heavy atom. The number of guanidine groups is 1. The molecule has 1 aliphatic rings. The molecular formula is C17H24IN5. The topological polar surface area (TPSA) is 68.2 Å². The molecule has 1 aliphatic carbocycles. The van der Waals surface area contributed by atoms with Crippen molar-refractivity contribution in [2.75, 3.05) is 6.54 Å². The van der Waals surface area contributed by atoms with Crippen LogP contribution in [0.5, 0.6) is 0 Å². The summed E-state index contributed by atoms with van der Waals surface area (Å²) >= 11 is 0. The number of nitrogens with zero attached hydrogens (tertiary/aromatic N) is 3. The third-order valence-corrected chi connectivity index (χ3v) is 3.84. The standard InChI is InChI=1S/C17H23N5.HI/c1-13-14(6-5-11-19-17(18)20-15-9-10-15)12-22(21-13)16-7-3-2-4-8-16;/h2-4,7-8,12,15H,5-6,9-11H2,1H3,(H3,18,19,20);1H. The van der Waals surface area contributed by atoms with E-state index in [2.05, 4.69) is 40.7 Å². The van der Waals surface area contributed by atoms with Crippen molar-refractivity contribution in [2.45, 2.75) is 38.6 Å². The van der Waals surface area contributed by atoms with Crippen LogP contribution >= 0.6 is 24.0 Å². The van der Waals surface area contributed by atoms with E-state index < -0.39 is 0 Å². The molecular weight excluding hydrogens is 401 g/mol. The maximum absolute atomic E-state index is 5.83. The van der Waals surface area contributed by atoms with Gasteiger partial charge in [0.2, 0.25) is 0 Å². The molecule has 6 heteroatoms. The van der Waals surface area contributed by atoms with Crippen LogP contribution in [0.2, 0.25) is 0 Å². The lowest BCUT2D eigenvalue weighted by Crippen LogP contribution is -2.33. The molecule has 1 aromatic carbocycles. The Hall–Kier alpha value is -1.57. The summed E-state index contributed by atoms with van der Waals surface area (Å²) in [6.45, 7) is 2.81. The van der Waals surface area contributed by atoms with Gasteiger partial charge in [0.1, 0.15) is 0 Å². The average molecular weight is 425 g/mol. The highest BCUT2D eigenvalue weighted by Crippen LogP contribution is 2.18. The van der Waals surface area contributed by atoms with E-state index in [-0.39, 0.29) is 24.0 Å². The molecule has 3 rings (SSSR count). The number of hydrogen-bond donors (Lipinski definition) is 2. The molecule has 3 N–H and O–H groups in total. The second kappa shape index (κ2) is 8.33. The number of aromatic nitrogens is 2. The van der Waals surface area contributed by atoms with Gasteiger partial charge in [-0.3, -0.25) is 4.99 Å². The van der Waals surface area contributed by atoms with Gasteiger partial charge in [0.05, 0.1) is 11.4 Å². The number of aliphatic imine (C=N–C) groups is 1. The van der Waals surface area contributed by atoms with E-state index in [1.54, 1.807) is 0 Å². The van der Waals surface area contributed by atoms with Gasteiger partial charge in [-0.2, -0.15) is 5.10 Å². The first kappa shape index (κ1) is 17.8. The smallest absolute Gasteiger partial charge is 0.188 e. The molecule has 1 heterocycles. The van der Waals surface area contributed by atoms with Crippen molar-refractivity contribution in [2.24, 2.45) is 10.7 Å². The monoisotopic (exact) mass is 425 g/mol. The summed E-state index contributed by atoms with van der Waals surface area (Å²) in [5.41, 5.74) is 9.27. The number of nitrogens with one attached hydrogen (secondary N) is 1. The summed E-state index contributed by atoms with van der Waals surface area (Å²) in [5.74, 6) is 0.583. The first-order valence-corrected chi connectivity index (χ1v) is 7.89. The van der Waals surface area contributed by atoms with Crippen molar-refractivity contribution < 1.29 is 0 Å². The van der Waals surface area contributed by atoms with Crippen LogP contribution in [0, 0.1) is 6.92 Å². The van der Waals surface area contributed by atoms with Crippen molar-refractivity contribution in [3.05, 3.63) is 47.8 Å². The van der Waals surface area contributed by atoms with Crippen LogP contribution in [0.1, 0.15) is 30.5 Å². The predicted octanol–water partition coefficient (Wildman–Crippen LogP) is 2.80. The van der Waals surface area contributed by atoms with E-state index in [1.165, 1.54) is 18.4 Å².